The third kappa shape index (κ3) is 2.98. The second-order valence-corrected chi connectivity index (χ2v) is 10.0. The maximum absolute atomic E-state index is 13.1. The van der Waals surface area contributed by atoms with Crippen LogP contribution in [-0.2, 0) is 16.1 Å². The SMILES string of the molecule is COCCn1cc(Br)sc1=NC(=O)C12CC3CC(CC(C3)C1)C2. The fraction of sp³-hybridized carbons (Fsp3) is 0.765. The van der Waals surface area contributed by atoms with Gasteiger partial charge < -0.3 is 9.30 Å². The minimum atomic E-state index is -0.149. The number of methoxy groups -OCH3 is 1. The monoisotopic (exact) mass is 398 g/mol. The van der Waals surface area contributed by atoms with E-state index in [9.17, 15) is 4.79 Å². The van der Waals surface area contributed by atoms with Gasteiger partial charge >= 0.3 is 0 Å². The highest BCUT2D eigenvalue weighted by atomic mass is 79.9. The van der Waals surface area contributed by atoms with Crippen molar-refractivity contribution in [2.45, 2.75) is 45.1 Å². The summed E-state index contributed by atoms with van der Waals surface area (Å²) < 4.78 is 8.19. The Hall–Kier alpha value is -0.460. The van der Waals surface area contributed by atoms with Crippen LogP contribution >= 0.6 is 27.3 Å². The number of aromatic nitrogens is 1. The first-order chi connectivity index (χ1) is 11.1. The average Bonchev–Trinajstić information content (AvgIpc) is 2.83. The lowest BCUT2D eigenvalue weighted by Crippen LogP contribution is -2.49. The molecule has 0 atom stereocenters. The van der Waals surface area contributed by atoms with Gasteiger partial charge in [-0.3, -0.25) is 4.79 Å². The number of nitrogens with zero attached hydrogens (tertiary/aromatic N) is 2. The molecule has 0 spiro atoms. The van der Waals surface area contributed by atoms with Crippen LogP contribution in [-0.4, -0.2) is 24.2 Å². The molecule has 4 bridgehead atoms. The lowest BCUT2D eigenvalue weighted by Gasteiger charge is -2.55. The second-order valence-electron chi connectivity index (χ2n) is 7.62. The van der Waals surface area contributed by atoms with Gasteiger partial charge in [-0.25, -0.2) is 0 Å². The number of halogens is 1. The van der Waals surface area contributed by atoms with E-state index in [1.54, 1.807) is 7.11 Å². The van der Waals surface area contributed by atoms with E-state index in [1.807, 2.05) is 10.8 Å². The Balaban J connectivity index is 1.62. The van der Waals surface area contributed by atoms with Gasteiger partial charge in [-0.2, -0.15) is 4.99 Å². The van der Waals surface area contributed by atoms with Crippen LogP contribution < -0.4 is 4.80 Å². The molecule has 0 N–H and O–H groups in total. The minimum absolute atomic E-state index is 0.136. The van der Waals surface area contributed by atoms with Gasteiger partial charge in [0.15, 0.2) is 4.80 Å². The van der Waals surface area contributed by atoms with Crippen molar-refractivity contribution in [1.29, 1.82) is 0 Å². The molecule has 1 aromatic rings. The van der Waals surface area contributed by atoms with Gasteiger partial charge in [-0.05, 0) is 72.2 Å². The summed E-state index contributed by atoms with van der Waals surface area (Å²) in [7, 11) is 1.69. The van der Waals surface area contributed by atoms with Gasteiger partial charge in [-0.15, -0.1) is 0 Å². The van der Waals surface area contributed by atoms with E-state index in [-0.39, 0.29) is 11.3 Å². The Kier molecular flexibility index (Phi) is 4.26. The molecule has 0 radical (unpaired) electrons. The highest BCUT2D eigenvalue weighted by Gasteiger charge is 2.54. The maximum Gasteiger partial charge on any atom is 0.254 e. The maximum atomic E-state index is 13.1. The number of ether oxygens (including phenoxy) is 1. The Bertz CT molecular complexity index is 643. The highest BCUT2D eigenvalue weighted by Crippen LogP contribution is 2.60. The summed E-state index contributed by atoms with van der Waals surface area (Å²) in [5, 5.41) is 0. The van der Waals surface area contributed by atoms with Crippen LogP contribution in [0.25, 0.3) is 0 Å². The fourth-order valence-corrected chi connectivity index (χ4v) is 6.79. The molecule has 4 nitrogen and oxygen atoms in total. The second kappa shape index (κ2) is 6.12. The third-order valence-electron chi connectivity index (χ3n) is 5.92. The molecule has 4 aliphatic rings. The van der Waals surface area contributed by atoms with Gasteiger partial charge in [0.05, 0.1) is 15.8 Å². The zero-order valence-corrected chi connectivity index (χ0v) is 15.9. The largest absolute Gasteiger partial charge is 0.383 e. The van der Waals surface area contributed by atoms with Gasteiger partial charge in [0.1, 0.15) is 0 Å². The molecule has 5 rings (SSSR count). The van der Waals surface area contributed by atoms with E-state index in [1.165, 1.54) is 30.6 Å². The van der Waals surface area contributed by atoms with Crippen molar-refractivity contribution in [1.82, 2.24) is 4.57 Å². The average molecular weight is 399 g/mol. The smallest absolute Gasteiger partial charge is 0.254 e. The molecular formula is C17H23BrN2O2S. The molecule has 23 heavy (non-hydrogen) atoms. The molecule has 4 saturated carbocycles. The number of hydrogen-bond donors (Lipinski definition) is 0. The van der Waals surface area contributed by atoms with Gasteiger partial charge in [0, 0.05) is 19.9 Å². The number of carbonyl (C=O) groups excluding carboxylic acids is 1. The van der Waals surface area contributed by atoms with Crippen molar-refractivity contribution in [3.63, 3.8) is 0 Å². The van der Waals surface area contributed by atoms with Crippen LogP contribution in [0.3, 0.4) is 0 Å². The first-order valence-corrected chi connectivity index (χ1v) is 10.1. The molecule has 0 unspecified atom stereocenters. The van der Waals surface area contributed by atoms with Crippen molar-refractivity contribution >= 4 is 33.2 Å². The summed E-state index contributed by atoms with van der Waals surface area (Å²) in [6.45, 7) is 1.35. The quantitative estimate of drug-likeness (QED) is 0.777. The normalized spacial score (nSPS) is 35.9. The number of amides is 1. The number of thiazole rings is 1. The van der Waals surface area contributed by atoms with Crippen molar-refractivity contribution in [2.24, 2.45) is 28.2 Å². The molecule has 6 heteroatoms. The Morgan fingerprint density at radius 2 is 1.96 bits per heavy atom. The van der Waals surface area contributed by atoms with Crippen molar-refractivity contribution < 1.29 is 9.53 Å². The first kappa shape index (κ1) is 16.0. The van der Waals surface area contributed by atoms with E-state index in [0.29, 0.717) is 6.61 Å². The van der Waals surface area contributed by atoms with Crippen LogP contribution in [0.5, 0.6) is 0 Å². The minimum Gasteiger partial charge on any atom is -0.383 e. The number of hydrogen-bond acceptors (Lipinski definition) is 3. The molecular weight excluding hydrogens is 376 g/mol. The predicted molar refractivity (Wildman–Crippen MR) is 93.1 cm³/mol. The fourth-order valence-electron chi connectivity index (χ4n) is 5.36. The predicted octanol–water partition coefficient (Wildman–Crippen LogP) is 3.60. The molecule has 1 heterocycles. The topological polar surface area (TPSA) is 43.6 Å². The van der Waals surface area contributed by atoms with Crippen molar-refractivity contribution in [3.05, 3.63) is 14.8 Å². The van der Waals surface area contributed by atoms with E-state index in [0.717, 1.165) is 52.1 Å². The zero-order valence-electron chi connectivity index (χ0n) is 13.5. The summed E-state index contributed by atoms with van der Waals surface area (Å²) in [6, 6.07) is 0. The van der Waals surface area contributed by atoms with Crippen LogP contribution in [0.1, 0.15) is 38.5 Å². The Morgan fingerprint density at radius 3 is 2.52 bits per heavy atom. The molecule has 0 aromatic carbocycles. The first-order valence-electron chi connectivity index (χ1n) is 8.52. The van der Waals surface area contributed by atoms with E-state index in [4.69, 9.17) is 4.74 Å². The molecule has 0 saturated heterocycles. The summed E-state index contributed by atoms with van der Waals surface area (Å²) in [6.07, 6.45) is 9.28. The van der Waals surface area contributed by atoms with E-state index >= 15 is 0 Å². The van der Waals surface area contributed by atoms with Gasteiger partial charge in [0.2, 0.25) is 0 Å². The van der Waals surface area contributed by atoms with E-state index < -0.39 is 0 Å². The molecule has 0 aliphatic heterocycles. The van der Waals surface area contributed by atoms with Crippen LogP contribution in [0.4, 0.5) is 0 Å². The van der Waals surface area contributed by atoms with Crippen molar-refractivity contribution in [3.8, 4) is 0 Å². The number of carbonyl (C=O) groups is 1. The summed E-state index contributed by atoms with van der Waals surface area (Å²) in [5.41, 5.74) is -0.149. The lowest BCUT2D eigenvalue weighted by atomic mass is 9.49. The molecule has 4 aliphatic carbocycles. The van der Waals surface area contributed by atoms with E-state index in [2.05, 4.69) is 20.9 Å². The number of rotatable bonds is 4. The highest BCUT2D eigenvalue weighted by molar-refractivity contribution is 9.11. The lowest BCUT2D eigenvalue weighted by molar-refractivity contribution is -0.142. The van der Waals surface area contributed by atoms with Gasteiger partial charge in [0.25, 0.3) is 5.91 Å². The molecule has 1 amide bonds. The Labute approximate surface area is 149 Å². The Morgan fingerprint density at radius 1 is 1.35 bits per heavy atom. The van der Waals surface area contributed by atoms with Crippen molar-refractivity contribution in [2.75, 3.05) is 13.7 Å². The van der Waals surface area contributed by atoms with Crippen LogP contribution in [0, 0.1) is 23.2 Å². The summed E-state index contributed by atoms with van der Waals surface area (Å²) in [5.74, 6) is 2.46. The molecule has 126 valence electrons. The summed E-state index contributed by atoms with van der Waals surface area (Å²) in [4.78, 5) is 18.5. The zero-order chi connectivity index (χ0) is 16.0. The third-order valence-corrected chi connectivity index (χ3v) is 7.42. The molecule has 4 fully saturated rings. The van der Waals surface area contributed by atoms with Crippen LogP contribution in [0.15, 0.2) is 15.0 Å². The molecule has 1 aromatic heterocycles. The van der Waals surface area contributed by atoms with Gasteiger partial charge in [-0.1, -0.05) is 11.3 Å². The van der Waals surface area contributed by atoms with Crippen LogP contribution in [0.2, 0.25) is 0 Å². The standard InChI is InChI=1S/C17H23BrN2O2S/c1-22-3-2-20-10-14(18)23-16(20)19-15(21)17-7-11-4-12(8-17)6-13(5-11)9-17/h10-13H,2-9H2,1H3. The summed E-state index contributed by atoms with van der Waals surface area (Å²) >= 11 is 5.05.